The molecule has 0 saturated heterocycles. The largest absolute Gasteiger partial charge is 0.467 e. The van der Waals surface area contributed by atoms with E-state index in [4.69, 9.17) is 14.3 Å². The lowest BCUT2D eigenvalue weighted by Gasteiger charge is -2.05. The molecule has 0 aromatic rings. The molecule has 0 aliphatic heterocycles. The molecule has 0 atom stereocenters. The topological polar surface area (TPSA) is 35.5 Å². The first-order valence-corrected chi connectivity index (χ1v) is 9.31. The molecule has 0 heterocycles. The van der Waals surface area contributed by atoms with Gasteiger partial charge in [-0.25, -0.2) is 0 Å². The molecule has 0 amide bonds. The van der Waals surface area contributed by atoms with Crippen molar-refractivity contribution in [3.8, 4) is 0 Å². The van der Waals surface area contributed by atoms with E-state index in [0.717, 1.165) is 25.7 Å². The Labute approximate surface area is 146 Å². The van der Waals surface area contributed by atoms with Crippen molar-refractivity contribution in [2.45, 2.75) is 77.0 Å². The summed E-state index contributed by atoms with van der Waals surface area (Å²) in [6.45, 7) is 2.00. The molecule has 4 aliphatic rings. The number of hydrogen-bond donors (Lipinski definition) is 0. The summed E-state index contributed by atoms with van der Waals surface area (Å²) in [5.74, 6) is 4.83. The van der Waals surface area contributed by atoms with Crippen molar-refractivity contribution in [2.75, 3.05) is 0 Å². The summed E-state index contributed by atoms with van der Waals surface area (Å²) in [6.07, 6.45) is 23.5. The van der Waals surface area contributed by atoms with Crippen LogP contribution in [0.2, 0.25) is 0 Å². The molecule has 24 heavy (non-hydrogen) atoms. The molecule has 132 valence electrons. The highest BCUT2D eigenvalue weighted by Gasteiger charge is 2.11. The third-order valence-electron chi connectivity index (χ3n) is 4.52. The van der Waals surface area contributed by atoms with E-state index in [0.29, 0.717) is 0 Å². The first-order chi connectivity index (χ1) is 11.9. The number of rotatable bonds is 4. The van der Waals surface area contributed by atoms with Crippen molar-refractivity contribution in [1.82, 2.24) is 0 Å². The molecule has 0 radical (unpaired) electrons. The lowest BCUT2D eigenvalue weighted by atomic mass is 10.3. The van der Waals surface area contributed by atoms with E-state index in [1.54, 1.807) is 0 Å². The fourth-order valence-electron chi connectivity index (χ4n) is 3.27. The van der Waals surface area contributed by atoms with Crippen molar-refractivity contribution >= 4 is 6.79 Å². The normalized spacial score (nSPS) is 21.5. The van der Waals surface area contributed by atoms with Gasteiger partial charge in [0.25, 0.3) is 0 Å². The summed E-state index contributed by atoms with van der Waals surface area (Å²) in [5.41, 5.74) is 0. The molecule has 0 N–H and O–H groups in total. The van der Waals surface area contributed by atoms with Gasteiger partial charge in [0, 0.05) is 25.7 Å². The number of hydrogen-bond acceptors (Lipinski definition) is 3. The van der Waals surface area contributed by atoms with Crippen molar-refractivity contribution in [3.05, 3.63) is 47.3 Å². The highest BCUT2D eigenvalue weighted by molar-refractivity contribution is 5.11. The maximum atomic E-state index is 8.00. The zero-order valence-corrected chi connectivity index (χ0v) is 14.7. The summed E-state index contributed by atoms with van der Waals surface area (Å²) >= 11 is 0. The second-order valence-corrected chi connectivity index (χ2v) is 6.45. The zero-order chi connectivity index (χ0) is 17.0. The van der Waals surface area contributed by atoms with Gasteiger partial charge in [0.1, 0.15) is 6.79 Å². The smallest absolute Gasteiger partial charge is 0.106 e. The molecular formula is C21H30O3. The van der Waals surface area contributed by atoms with Crippen LogP contribution in [0.15, 0.2) is 47.3 Å². The third-order valence-corrected chi connectivity index (χ3v) is 4.52. The molecule has 0 bridgehead atoms. The van der Waals surface area contributed by atoms with E-state index in [-0.39, 0.29) is 0 Å². The second-order valence-electron chi connectivity index (χ2n) is 6.45. The lowest BCUT2D eigenvalue weighted by Crippen LogP contribution is -1.87. The first kappa shape index (κ1) is 18.6. The number of carbonyl (C=O) groups excluding carboxylic acids is 1. The standard InChI is InChI=1S/2C10H14O.CH2O/c2*1-2-6-9(5-1)11-10-7-3-4-8-10;1-2/h2*5,7H,1-4,6,8H2;1H2. The van der Waals surface area contributed by atoms with Crippen molar-refractivity contribution in [3.63, 3.8) is 0 Å². The predicted octanol–water partition coefficient (Wildman–Crippen LogP) is 6.09. The van der Waals surface area contributed by atoms with Gasteiger partial charge in [-0.3, -0.25) is 0 Å². The van der Waals surface area contributed by atoms with Crippen LogP contribution < -0.4 is 0 Å². The maximum absolute atomic E-state index is 8.00. The van der Waals surface area contributed by atoms with E-state index in [1.165, 1.54) is 74.4 Å². The van der Waals surface area contributed by atoms with E-state index < -0.39 is 0 Å². The molecule has 3 nitrogen and oxygen atoms in total. The fraction of sp³-hybridized carbons (Fsp3) is 0.571. The summed E-state index contributed by atoms with van der Waals surface area (Å²) in [7, 11) is 0. The van der Waals surface area contributed by atoms with Crippen molar-refractivity contribution in [2.24, 2.45) is 0 Å². The Morgan fingerprint density at radius 1 is 0.542 bits per heavy atom. The Kier molecular flexibility index (Phi) is 8.43. The van der Waals surface area contributed by atoms with E-state index >= 15 is 0 Å². The van der Waals surface area contributed by atoms with Crippen LogP contribution in [-0.2, 0) is 14.3 Å². The van der Waals surface area contributed by atoms with Gasteiger partial charge in [0.05, 0.1) is 23.0 Å². The second kappa shape index (κ2) is 10.9. The van der Waals surface area contributed by atoms with Gasteiger partial charge < -0.3 is 14.3 Å². The van der Waals surface area contributed by atoms with Gasteiger partial charge in [-0.2, -0.15) is 0 Å². The molecular weight excluding hydrogens is 300 g/mol. The monoisotopic (exact) mass is 330 g/mol. The van der Waals surface area contributed by atoms with E-state index in [2.05, 4.69) is 24.3 Å². The molecule has 0 fully saturated rings. The van der Waals surface area contributed by atoms with Gasteiger partial charge in [0.2, 0.25) is 0 Å². The zero-order valence-electron chi connectivity index (χ0n) is 14.7. The van der Waals surface area contributed by atoms with Gasteiger partial charge in [0.15, 0.2) is 0 Å². The summed E-state index contributed by atoms with van der Waals surface area (Å²) in [4.78, 5) is 8.00. The molecule has 4 rings (SSSR count). The van der Waals surface area contributed by atoms with Crippen LogP contribution in [0.4, 0.5) is 0 Å². The van der Waals surface area contributed by atoms with Crippen molar-refractivity contribution < 1.29 is 14.3 Å². The summed E-state index contributed by atoms with van der Waals surface area (Å²) in [5, 5.41) is 0. The fourth-order valence-corrected chi connectivity index (χ4v) is 3.27. The molecule has 3 heteroatoms. The van der Waals surface area contributed by atoms with Crippen LogP contribution >= 0.6 is 0 Å². The maximum Gasteiger partial charge on any atom is 0.106 e. The number of carbonyl (C=O) groups is 1. The minimum absolute atomic E-state index is 1.15. The van der Waals surface area contributed by atoms with Crippen LogP contribution in [0.1, 0.15) is 77.0 Å². The van der Waals surface area contributed by atoms with Gasteiger partial charge in [-0.05, 0) is 75.7 Å². The van der Waals surface area contributed by atoms with E-state index in [9.17, 15) is 0 Å². The highest BCUT2D eigenvalue weighted by atomic mass is 16.5. The molecule has 4 aliphatic carbocycles. The Bertz CT molecular complexity index is 421. The average Bonchev–Trinajstić information content (AvgIpc) is 3.41. The molecule has 0 aromatic heterocycles. The number of ether oxygens (including phenoxy) is 2. The average molecular weight is 330 g/mol. The minimum atomic E-state index is 1.15. The molecule has 0 saturated carbocycles. The summed E-state index contributed by atoms with van der Waals surface area (Å²) in [6, 6.07) is 0. The Hall–Kier alpha value is -1.77. The minimum Gasteiger partial charge on any atom is -0.467 e. The van der Waals surface area contributed by atoms with Crippen LogP contribution in [0.5, 0.6) is 0 Å². The Morgan fingerprint density at radius 2 is 0.792 bits per heavy atom. The van der Waals surface area contributed by atoms with Crippen LogP contribution in [0, 0.1) is 0 Å². The van der Waals surface area contributed by atoms with Crippen molar-refractivity contribution in [1.29, 1.82) is 0 Å². The Balaban J connectivity index is 0.000000158. The molecule has 0 aromatic carbocycles. The van der Waals surface area contributed by atoms with Crippen LogP contribution in [0.3, 0.4) is 0 Å². The quantitative estimate of drug-likeness (QED) is 0.625. The predicted molar refractivity (Wildman–Crippen MR) is 97.0 cm³/mol. The number of allylic oxidation sites excluding steroid dienone is 8. The third kappa shape index (κ3) is 6.38. The SMILES string of the molecule is C1=C(OC2=CCCC2)CCC1.C1=C(OC2=CCCC2)CCC1.C=O. The lowest BCUT2D eigenvalue weighted by molar-refractivity contribution is -0.0979. The Morgan fingerprint density at radius 3 is 0.958 bits per heavy atom. The van der Waals surface area contributed by atoms with Gasteiger partial charge >= 0.3 is 0 Å². The highest BCUT2D eigenvalue weighted by Crippen LogP contribution is 2.27. The van der Waals surface area contributed by atoms with Gasteiger partial charge in [-0.15, -0.1) is 0 Å². The van der Waals surface area contributed by atoms with Crippen LogP contribution in [0.25, 0.3) is 0 Å². The molecule has 0 spiro atoms. The first-order valence-electron chi connectivity index (χ1n) is 9.31. The van der Waals surface area contributed by atoms with Gasteiger partial charge in [-0.1, -0.05) is 0 Å². The van der Waals surface area contributed by atoms with E-state index in [1.807, 2.05) is 6.79 Å². The summed E-state index contributed by atoms with van der Waals surface area (Å²) < 4.78 is 11.4. The van der Waals surface area contributed by atoms with Crippen LogP contribution in [-0.4, -0.2) is 6.79 Å². The molecule has 0 unspecified atom stereocenters.